The van der Waals surface area contributed by atoms with E-state index in [2.05, 4.69) is 19.9 Å². The Bertz CT molecular complexity index is 503. The maximum absolute atomic E-state index is 5.55. The zero-order valence-corrected chi connectivity index (χ0v) is 12.4. The van der Waals surface area contributed by atoms with E-state index in [0.29, 0.717) is 0 Å². The summed E-state index contributed by atoms with van der Waals surface area (Å²) in [4.78, 5) is 0. The van der Waals surface area contributed by atoms with Gasteiger partial charge in [-0.3, -0.25) is 0 Å². The summed E-state index contributed by atoms with van der Waals surface area (Å²) in [5.74, 6) is 1.61. The molecule has 2 rings (SSSR count). The van der Waals surface area contributed by atoms with Crippen molar-refractivity contribution in [1.82, 2.24) is 0 Å². The SMILES string of the molecule is COc1cc(C)cc(C2=C(C)C(OC)CC2)c1OC. The van der Waals surface area contributed by atoms with E-state index in [1.165, 1.54) is 16.7 Å². The van der Waals surface area contributed by atoms with E-state index in [4.69, 9.17) is 14.2 Å². The summed E-state index contributed by atoms with van der Waals surface area (Å²) in [6, 6.07) is 4.17. The average molecular weight is 262 g/mol. The maximum atomic E-state index is 5.55. The van der Waals surface area contributed by atoms with Crippen LogP contribution < -0.4 is 9.47 Å². The normalized spacial score (nSPS) is 18.9. The van der Waals surface area contributed by atoms with Crippen LogP contribution >= 0.6 is 0 Å². The van der Waals surface area contributed by atoms with Crippen LogP contribution in [-0.4, -0.2) is 27.4 Å². The highest BCUT2D eigenvalue weighted by molar-refractivity contribution is 5.78. The van der Waals surface area contributed by atoms with Crippen LogP contribution in [0.1, 0.15) is 30.9 Å². The number of rotatable bonds is 4. The Labute approximate surface area is 115 Å². The van der Waals surface area contributed by atoms with Crippen LogP contribution in [0, 0.1) is 6.92 Å². The third kappa shape index (κ3) is 2.47. The molecule has 0 saturated carbocycles. The molecule has 0 aromatic heterocycles. The lowest BCUT2D eigenvalue weighted by Crippen LogP contribution is -2.06. The zero-order valence-electron chi connectivity index (χ0n) is 12.4. The Morgan fingerprint density at radius 1 is 1.05 bits per heavy atom. The van der Waals surface area contributed by atoms with Crippen LogP contribution in [0.3, 0.4) is 0 Å². The van der Waals surface area contributed by atoms with Crippen molar-refractivity contribution in [2.75, 3.05) is 21.3 Å². The Morgan fingerprint density at radius 2 is 1.79 bits per heavy atom. The van der Waals surface area contributed by atoms with Crippen molar-refractivity contribution in [1.29, 1.82) is 0 Å². The molecular weight excluding hydrogens is 240 g/mol. The van der Waals surface area contributed by atoms with E-state index >= 15 is 0 Å². The number of hydrogen-bond donors (Lipinski definition) is 0. The fraction of sp³-hybridized carbons (Fsp3) is 0.500. The third-order valence-corrected chi connectivity index (χ3v) is 3.85. The second-order valence-corrected chi connectivity index (χ2v) is 4.97. The molecule has 1 aromatic carbocycles. The highest BCUT2D eigenvalue weighted by Crippen LogP contribution is 2.43. The number of benzene rings is 1. The maximum Gasteiger partial charge on any atom is 0.168 e. The molecule has 1 aliphatic carbocycles. The minimum atomic E-state index is 0.228. The Balaban J connectivity index is 2.56. The lowest BCUT2D eigenvalue weighted by atomic mass is 9.99. The van der Waals surface area contributed by atoms with Crippen LogP contribution in [0.5, 0.6) is 11.5 Å². The molecule has 1 unspecified atom stereocenters. The van der Waals surface area contributed by atoms with Crippen molar-refractivity contribution in [2.24, 2.45) is 0 Å². The van der Waals surface area contributed by atoms with Crippen molar-refractivity contribution in [3.63, 3.8) is 0 Å². The van der Waals surface area contributed by atoms with Gasteiger partial charge in [0.25, 0.3) is 0 Å². The quantitative estimate of drug-likeness (QED) is 0.830. The Kier molecular flexibility index (Phi) is 4.15. The van der Waals surface area contributed by atoms with Gasteiger partial charge < -0.3 is 14.2 Å². The first-order valence-corrected chi connectivity index (χ1v) is 6.57. The largest absolute Gasteiger partial charge is 0.493 e. The first kappa shape index (κ1) is 13.9. The smallest absolute Gasteiger partial charge is 0.168 e. The van der Waals surface area contributed by atoms with Crippen molar-refractivity contribution >= 4 is 5.57 Å². The van der Waals surface area contributed by atoms with Crippen molar-refractivity contribution in [3.8, 4) is 11.5 Å². The molecule has 104 valence electrons. The van der Waals surface area contributed by atoms with Gasteiger partial charge in [0.05, 0.1) is 20.3 Å². The summed E-state index contributed by atoms with van der Waals surface area (Å²) < 4.78 is 16.5. The molecule has 0 aliphatic heterocycles. The molecule has 0 radical (unpaired) electrons. The molecule has 0 amide bonds. The lowest BCUT2D eigenvalue weighted by Gasteiger charge is -2.16. The summed E-state index contributed by atoms with van der Waals surface area (Å²) >= 11 is 0. The van der Waals surface area contributed by atoms with Gasteiger partial charge in [-0.2, -0.15) is 0 Å². The van der Waals surface area contributed by atoms with Gasteiger partial charge in [-0.1, -0.05) is 0 Å². The van der Waals surface area contributed by atoms with Gasteiger partial charge >= 0.3 is 0 Å². The first-order chi connectivity index (χ1) is 9.12. The van der Waals surface area contributed by atoms with Gasteiger partial charge in [0.15, 0.2) is 11.5 Å². The molecule has 19 heavy (non-hydrogen) atoms. The molecule has 3 nitrogen and oxygen atoms in total. The van der Waals surface area contributed by atoms with E-state index in [-0.39, 0.29) is 6.10 Å². The fourth-order valence-corrected chi connectivity index (χ4v) is 2.85. The van der Waals surface area contributed by atoms with Gasteiger partial charge in [-0.25, -0.2) is 0 Å². The molecule has 0 spiro atoms. The number of hydrogen-bond acceptors (Lipinski definition) is 3. The van der Waals surface area contributed by atoms with Gasteiger partial charge in [0.2, 0.25) is 0 Å². The summed E-state index contributed by atoms with van der Waals surface area (Å²) in [6.45, 7) is 4.22. The van der Waals surface area contributed by atoms with Crippen LogP contribution in [0.25, 0.3) is 5.57 Å². The summed E-state index contributed by atoms with van der Waals surface area (Å²) in [6.07, 6.45) is 2.29. The predicted molar refractivity (Wildman–Crippen MR) is 76.9 cm³/mol. The molecule has 3 heteroatoms. The standard InChI is InChI=1S/C16H22O3/c1-10-8-13(16(19-5)15(9-10)18-4)12-6-7-14(17-3)11(12)2/h8-9,14H,6-7H2,1-5H3. The molecule has 1 aromatic rings. The molecule has 0 saturated heterocycles. The van der Waals surface area contributed by atoms with Gasteiger partial charge in [-0.05, 0) is 55.5 Å². The number of allylic oxidation sites excluding steroid dienone is 1. The molecule has 1 atom stereocenters. The monoisotopic (exact) mass is 262 g/mol. The summed E-state index contributed by atoms with van der Waals surface area (Å²) in [5, 5.41) is 0. The van der Waals surface area contributed by atoms with Crippen molar-refractivity contribution in [2.45, 2.75) is 32.8 Å². The van der Waals surface area contributed by atoms with E-state index in [9.17, 15) is 0 Å². The topological polar surface area (TPSA) is 27.7 Å². The minimum Gasteiger partial charge on any atom is -0.493 e. The molecule has 0 N–H and O–H groups in total. The number of ether oxygens (including phenoxy) is 3. The average Bonchev–Trinajstić information content (AvgIpc) is 2.78. The van der Waals surface area contributed by atoms with Gasteiger partial charge in [0, 0.05) is 12.7 Å². The van der Waals surface area contributed by atoms with E-state index in [0.717, 1.165) is 29.9 Å². The molecule has 0 bridgehead atoms. The van der Waals surface area contributed by atoms with Gasteiger partial charge in [-0.15, -0.1) is 0 Å². The second-order valence-electron chi connectivity index (χ2n) is 4.97. The molecule has 1 aliphatic rings. The van der Waals surface area contributed by atoms with Crippen molar-refractivity contribution < 1.29 is 14.2 Å². The highest BCUT2D eigenvalue weighted by atomic mass is 16.5. The minimum absolute atomic E-state index is 0.228. The summed E-state index contributed by atoms with van der Waals surface area (Å²) in [7, 11) is 5.13. The van der Waals surface area contributed by atoms with E-state index in [1.54, 1.807) is 21.3 Å². The van der Waals surface area contributed by atoms with Crippen LogP contribution in [0.15, 0.2) is 17.7 Å². The Hall–Kier alpha value is -1.48. The summed E-state index contributed by atoms with van der Waals surface area (Å²) in [5.41, 5.74) is 4.93. The van der Waals surface area contributed by atoms with E-state index < -0.39 is 0 Å². The van der Waals surface area contributed by atoms with Crippen molar-refractivity contribution in [3.05, 3.63) is 28.8 Å². The van der Waals surface area contributed by atoms with Gasteiger partial charge in [0.1, 0.15) is 0 Å². The molecular formula is C16H22O3. The molecule has 0 heterocycles. The predicted octanol–water partition coefficient (Wildman–Crippen LogP) is 3.59. The second kappa shape index (κ2) is 5.66. The first-order valence-electron chi connectivity index (χ1n) is 6.57. The zero-order chi connectivity index (χ0) is 14.0. The number of methoxy groups -OCH3 is 3. The Morgan fingerprint density at radius 3 is 2.32 bits per heavy atom. The van der Waals surface area contributed by atoms with E-state index in [1.807, 2.05) is 6.07 Å². The third-order valence-electron chi connectivity index (χ3n) is 3.85. The fourth-order valence-electron chi connectivity index (χ4n) is 2.85. The highest BCUT2D eigenvalue weighted by Gasteiger charge is 2.26. The number of aryl methyl sites for hydroxylation is 1. The molecule has 0 fully saturated rings. The van der Waals surface area contributed by atoms with Crippen LogP contribution in [0.2, 0.25) is 0 Å². The van der Waals surface area contributed by atoms with Crippen LogP contribution in [0.4, 0.5) is 0 Å². The van der Waals surface area contributed by atoms with Crippen LogP contribution in [-0.2, 0) is 4.74 Å². The lowest BCUT2D eigenvalue weighted by molar-refractivity contribution is 0.132.